The van der Waals surface area contributed by atoms with E-state index >= 15 is 0 Å². The van der Waals surface area contributed by atoms with Crippen molar-refractivity contribution in [2.75, 3.05) is 31.6 Å². The Morgan fingerprint density at radius 1 is 0.902 bits per heavy atom. The standard InChI is InChI=1S/C42H41ClN8O7S3/c1-41(2,3)37(55)58-23-57-36(54)32-28(59-40-49-48-38(44-4)61-40)22-21-27-29(35(53)51(27)32)45-34(52)31(50-56-5)30-33(43)60-39(46-30)47-42(24-15-9-6-10-16-24,25-17-11-7-12-18-25)26-19-13-8-14-20-26/h6-20,27,29H,21-23H2,1-5H3,(H,44,48)(H,45,52)(H,46,47)/t27-,29+/m1/s1. The maximum atomic E-state index is 14.1. The topological polar surface area (TPSA) is 186 Å². The number of esters is 2. The van der Waals surface area contributed by atoms with Crippen LogP contribution in [0.2, 0.25) is 4.34 Å². The van der Waals surface area contributed by atoms with Gasteiger partial charge in [-0.2, -0.15) is 0 Å². The molecule has 0 unspecified atom stereocenters. The van der Waals surface area contributed by atoms with Gasteiger partial charge in [0.1, 0.15) is 34.4 Å². The van der Waals surface area contributed by atoms with Crippen LogP contribution < -0.4 is 16.0 Å². The van der Waals surface area contributed by atoms with E-state index in [1.54, 1.807) is 27.8 Å². The molecule has 3 N–H and O–H groups in total. The number of nitrogens with one attached hydrogen (secondary N) is 3. The summed E-state index contributed by atoms with van der Waals surface area (Å²) in [6.45, 7) is 4.36. The van der Waals surface area contributed by atoms with Crippen molar-refractivity contribution in [1.29, 1.82) is 0 Å². The van der Waals surface area contributed by atoms with E-state index in [0.29, 0.717) is 32.3 Å². The van der Waals surface area contributed by atoms with Gasteiger partial charge in [0.2, 0.25) is 11.9 Å². The van der Waals surface area contributed by atoms with E-state index in [-0.39, 0.29) is 21.4 Å². The molecule has 0 bridgehead atoms. The van der Waals surface area contributed by atoms with Crippen molar-refractivity contribution in [3.05, 3.63) is 128 Å². The first-order valence-corrected chi connectivity index (χ1v) is 21.8. The summed E-state index contributed by atoms with van der Waals surface area (Å²) in [7, 11) is 3.00. The van der Waals surface area contributed by atoms with E-state index in [1.807, 2.05) is 91.0 Å². The van der Waals surface area contributed by atoms with E-state index < -0.39 is 53.6 Å². The zero-order valence-corrected chi connectivity index (χ0v) is 36.8. The van der Waals surface area contributed by atoms with Gasteiger partial charge in [-0.05, 0) is 50.3 Å². The van der Waals surface area contributed by atoms with Crippen molar-refractivity contribution in [3.8, 4) is 0 Å². The Morgan fingerprint density at radius 3 is 2.05 bits per heavy atom. The number of anilines is 2. The Hall–Kier alpha value is -5.82. The summed E-state index contributed by atoms with van der Waals surface area (Å²) in [6, 6.07) is 28.1. The smallest absolute Gasteiger partial charge is 0.358 e. The molecule has 3 aromatic carbocycles. The fourth-order valence-electron chi connectivity index (χ4n) is 6.93. The third-order valence-electron chi connectivity index (χ3n) is 9.82. The number of hydrogen-bond acceptors (Lipinski definition) is 16. The Bertz CT molecular complexity index is 2380. The number of rotatable bonds is 15. The van der Waals surface area contributed by atoms with Crippen LogP contribution in [0.3, 0.4) is 0 Å². The van der Waals surface area contributed by atoms with Crippen molar-refractivity contribution >= 4 is 85.8 Å². The second kappa shape index (κ2) is 18.4. The molecule has 0 aliphatic carbocycles. The molecule has 2 amide bonds. The lowest BCUT2D eigenvalue weighted by Crippen LogP contribution is -2.72. The second-order valence-electron chi connectivity index (χ2n) is 14.7. The average molecular weight is 901 g/mol. The highest BCUT2D eigenvalue weighted by Gasteiger charge is 2.54. The first-order valence-electron chi connectivity index (χ1n) is 19.0. The monoisotopic (exact) mass is 900 g/mol. The molecule has 2 aromatic heterocycles. The predicted molar refractivity (Wildman–Crippen MR) is 234 cm³/mol. The summed E-state index contributed by atoms with van der Waals surface area (Å²) >= 11 is 10.4. The molecule has 7 rings (SSSR count). The average Bonchev–Trinajstić information content (AvgIpc) is 3.88. The molecule has 4 heterocycles. The summed E-state index contributed by atoms with van der Waals surface area (Å²) in [5.41, 5.74) is 0.775. The van der Waals surface area contributed by atoms with Crippen LogP contribution in [-0.4, -0.2) is 82.6 Å². The highest BCUT2D eigenvalue weighted by atomic mass is 35.5. The van der Waals surface area contributed by atoms with Crippen LogP contribution in [0.1, 0.15) is 56.0 Å². The van der Waals surface area contributed by atoms with Crippen LogP contribution in [0, 0.1) is 5.41 Å². The number of oxime groups is 1. The molecule has 15 nitrogen and oxygen atoms in total. The Balaban J connectivity index is 1.15. The molecule has 5 aromatic rings. The van der Waals surface area contributed by atoms with Crippen molar-refractivity contribution < 1.29 is 33.5 Å². The number of aromatic nitrogens is 3. The SMILES string of the molecule is CNc1nnc(SC2=C(C(=O)OCOC(=O)C(C)(C)C)N3C(=O)[C@@H](NC(=O)C(=NOC)c4nc(NC(c5ccccc5)(c5ccccc5)c5ccccc5)sc4Cl)[C@H]3CC2)s1. The molecule has 19 heteroatoms. The highest BCUT2D eigenvalue weighted by molar-refractivity contribution is 8.04. The molecule has 2 atom stereocenters. The molecular weight excluding hydrogens is 860 g/mol. The van der Waals surface area contributed by atoms with E-state index in [2.05, 4.69) is 31.3 Å². The van der Waals surface area contributed by atoms with Gasteiger partial charge in [0.05, 0.1) is 11.5 Å². The minimum absolute atomic E-state index is 0.0347. The van der Waals surface area contributed by atoms with Gasteiger partial charge in [0.25, 0.3) is 11.8 Å². The zero-order valence-electron chi connectivity index (χ0n) is 33.6. The lowest BCUT2D eigenvalue weighted by Gasteiger charge is -2.50. The number of ether oxygens (including phenoxy) is 2. The number of amides is 2. The summed E-state index contributed by atoms with van der Waals surface area (Å²) in [4.78, 5) is 65.9. The number of carbonyl (C=O) groups is 4. The molecular formula is C42H41ClN8O7S3. The molecule has 0 radical (unpaired) electrons. The van der Waals surface area contributed by atoms with Crippen molar-refractivity contribution in [3.63, 3.8) is 0 Å². The molecule has 2 aliphatic rings. The van der Waals surface area contributed by atoms with Crippen LogP contribution in [0.15, 0.2) is 111 Å². The number of allylic oxidation sites excluding steroid dienone is 1. The number of carbonyl (C=O) groups excluding carboxylic acids is 4. The quantitative estimate of drug-likeness (QED) is 0.0243. The second-order valence-corrected chi connectivity index (χ2v) is 18.7. The lowest BCUT2D eigenvalue weighted by molar-refractivity contribution is -0.174. The lowest BCUT2D eigenvalue weighted by atomic mass is 9.77. The molecule has 2 aliphatic heterocycles. The van der Waals surface area contributed by atoms with Gasteiger partial charge in [-0.25, -0.2) is 9.78 Å². The van der Waals surface area contributed by atoms with Crippen molar-refractivity contribution in [2.24, 2.45) is 10.6 Å². The van der Waals surface area contributed by atoms with E-state index in [9.17, 15) is 19.2 Å². The van der Waals surface area contributed by atoms with Gasteiger partial charge < -0.3 is 30.3 Å². The minimum atomic E-state index is -1.04. The molecule has 316 valence electrons. The summed E-state index contributed by atoms with van der Waals surface area (Å²) < 4.78 is 11.2. The van der Waals surface area contributed by atoms with Gasteiger partial charge in [-0.15, -0.1) is 10.2 Å². The Kier molecular flexibility index (Phi) is 13.1. The number of benzene rings is 3. The Labute approximate surface area is 368 Å². The van der Waals surface area contributed by atoms with Gasteiger partial charge in [-0.1, -0.05) is 142 Å². The fraction of sp³-hybridized carbons (Fsp3) is 0.286. The number of fused-ring (bicyclic) bond motifs is 1. The molecule has 0 saturated carbocycles. The van der Waals surface area contributed by atoms with E-state index in [4.69, 9.17) is 30.9 Å². The zero-order chi connectivity index (χ0) is 43.3. The van der Waals surface area contributed by atoms with Crippen LogP contribution in [-0.2, 0) is 39.0 Å². The van der Waals surface area contributed by atoms with Crippen LogP contribution in [0.5, 0.6) is 0 Å². The van der Waals surface area contributed by atoms with Crippen molar-refractivity contribution in [2.45, 2.75) is 55.6 Å². The molecule has 1 saturated heterocycles. The van der Waals surface area contributed by atoms with Gasteiger partial charge in [-0.3, -0.25) is 19.3 Å². The third-order valence-corrected chi connectivity index (χ3v) is 13.1. The predicted octanol–water partition coefficient (Wildman–Crippen LogP) is 7.03. The van der Waals surface area contributed by atoms with Crippen LogP contribution in [0.25, 0.3) is 0 Å². The number of β-lactam (4-membered cyclic amide) rings is 1. The van der Waals surface area contributed by atoms with Gasteiger partial charge in [0, 0.05) is 12.0 Å². The highest BCUT2D eigenvalue weighted by Crippen LogP contribution is 2.45. The normalized spacial score (nSPS) is 16.6. The number of nitrogens with zero attached hydrogens (tertiary/aromatic N) is 5. The fourth-order valence-corrected chi connectivity index (χ4v) is 9.96. The van der Waals surface area contributed by atoms with Crippen molar-refractivity contribution in [1.82, 2.24) is 25.4 Å². The number of halogens is 1. The van der Waals surface area contributed by atoms with Gasteiger partial charge >= 0.3 is 11.9 Å². The van der Waals surface area contributed by atoms with Gasteiger partial charge in [0.15, 0.2) is 15.2 Å². The summed E-state index contributed by atoms with van der Waals surface area (Å²) in [5.74, 6) is -2.78. The first kappa shape index (κ1) is 43.3. The first-order chi connectivity index (χ1) is 29.3. The summed E-state index contributed by atoms with van der Waals surface area (Å²) in [6.07, 6.45) is 0.722. The molecule has 1 fully saturated rings. The molecule has 61 heavy (non-hydrogen) atoms. The largest absolute Gasteiger partial charge is 0.427 e. The van der Waals surface area contributed by atoms with E-state index in [1.165, 1.54) is 35.1 Å². The maximum absolute atomic E-state index is 14.1. The minimum Gasteiger partial charge on any atom is -0.427 e. The third kappa shape index (κ3) is 8.98. The number of hydrogen-bond donors (Lipinski definition) is 3. The summed E-state index contributed by atoms with van der Waals surface area (Å²) in [5, 5.41) is 22.6. The molecule has 0 spiro atoms. The number of thiazole rings is 1. The maximum Gasteiger partial charge on any atom is 0.358 e. The van der Waals surface area contributed by atoms with E-state index in [0.717, 1.165) is 28.0 Å². The number of thioether (sulfide) groups is 1. The van der Waals surface area contributed by atoms with Crippen LogP contribution >= 0.6 is 46.0 Å². The Morgan fingerprint density at radius 2 is 1.51 bits per heavy atom. The van der Waals surface area contributed by atoms with Crippen LogP contribution in [0.4, 0.5) is 10.3 Å².